The summed E-state index contributed by atoms with van der Waals surface area (Å²) in [6, 6.07) is 11.6. The van der Waals surface area contributed by atoms with Crippen LogP contribution in [-0.2, 0) is 20.5 Å². The number of alkyl halides is 3. The molecule has 4 aromatic rings. The van der Waals surface area contributed by atoms with Crippen molar-refractivity contribution < 1.29 is 46.6 Å². The van der Waals surface area contributed by atoms with Crippen LogP contribution in [-0.4, -0.2) is 111 Å². The second kappa shape index (κ2) is 18.5. The number of imide groups is 1. The van der Waals surface area contributed by atoms with Crippen LogP contribution in [0.3, 0.4) is 0 Å². The smallest absolute Gasteiger partial charge is 0.433 e. The number of benzene rings is 2. The Hall–Kier alpha value is -5.75. The van der Waals surface area contributed by atoms with Crippen molar-refractivity contribution in [3.63, 3.8) is 0 Å². The molecule has 0 atom stereocenters. The minimum absolute atomic E-state index is 0.0889. The number of nitrogens with zero attached hydrogens (tertiary/aromatic N) is 5. The lowest BCUT2D eigenvalue weighted by Gasteiger charge is -2.31. The Bertz CT molecular complexity index is 1980. The fourth-order valence-electron chi connectivity index (χ4n) is 6.13. The summed E-state index contributed by atoms with van der Waals surface area (Å²) in [5.74, 6) is -0.642. The number of amides is 4. The van der Waals surface area contributed by atoms with Gasteiger partial charge in [-0.25, -0.2) is 4.98 Å². The number of likely N-dealkylation sites (tertiary alicyclic amines) is 1. The highest BCUT2D eigenvalue weighted by atomic mass is 19.4. The van der Waals surface area contributed by atoms with Gasteiger partial charge in [0.25, 0.3) is 11.8 Å². The number of anilines is 2. The molecule has 0 spiro atoms. The van der Waals surface area contributed by atoms with Gasteiger partial charge in [-0.1, -0.05) is 6.07 Å². The van der Waals surface area contributed by atoms with Gasteiger partial charge in [-0.3, -0.25) is 29.2 Å². The molecule has 5 rings (SSSR count). The zero-order valence-corrected chi connectivity index (χ0v) is 30.6. The van der Waals surface area contributed by atoms with Gasteiger partial charge in [0.15, 0.2) is 0 Å². The van der Waals surface area contributed by atoms with E-state index >= 15 is 0 Å². The Labute approximate surface area is 315 Å². The van der Waals surface area contributed by atoms with E-state index in [-0.39, 0.29) is 29.8 Å². The van der Waals surface area contributed by atoms with Crippen LogP contribution in [0.5, 0.6) is 11.5 Å². The van der Waals surface area contributed by atoms with Crippen molar-refractivity contribution in [2.24, 2.45) is 0 Å². The van der Waals surface area contributed by atoms with Crippen LogP contribution in [0.25, 0.3) is 10.9 Å². The number of methoxy groups -OCH3 is 2. The largest absolute Gasteiger partial charge is 0.495 e. The van der Waals surface area contributed by atoms with E-state index in [1.807, 2.05) is 10.9 Å². The fraction of sp³-hybridized carbons (Fsp3) is 0.405. The maximum atomic E-state index is 13.1. The van der Waals surface area contributed by atoms with Gasteiger partial charge in [-0.2, -0.15) is 18.3 Å². The lowest BCUT2D eigenvalue weighted by atomic mass is 10.1. The first-order chi connectivity index (χ1) is 26.4. The van der Waals surface area contributed by atoms with Gasteiger partial charge in [0.2, 0.25) is 12.3 Å². The number of ether oxygens (including phenoxy) is 3. The highest BCUT2D eigenvalue weighted by Gasteiger charge is 2.33. The third kappa shape index (κ3) is 10.7. The van der Waals surface area contributed by atoms with Crippen molar-refractivity contribution in [2.45, 2.75) is 31.5 Å². The van der Waals surface area contributed by atoms with Crippen LogP contribution in [0.4, 0.5) is 24.5 Å². The SMILES string of the molecule is COc1cc2nn(C3CCN(CCOCCNC(=O)c4ccc(OC)c(N(C)CCC(=O)NC=O)c4)CC3)cc2cc1NC(=O)c1cccc(C(F)(F)F)n1. The molecule has 3 N–H and O–H groups in total. The lowest BCUT2D eigenvalue weighted by molar-refractivity contribution is -0.141. The molecule has 2 aromatic heterocycles. The molecule has 15 nitrogen and oxygen atoms in total. The third-order valence-corrected chi connectivity index (χ3v) is 9.13. The molecule has 1 fully saturated rings. The fourth-order valence-corrected chi connectivity index (χ4v) is 6.13. The Morgan fingerprint density at radius 2 is 1.76 bits per heavy atom. The van der Waals surface area contributed by atoms with Gasteiger partial charge in [-0.05, 0) is 49.2 Å². The quantitative estimate of drug-likeness (QED) is 0.105. The lowest BCUT2D eigenvalue weighted by Crippen LogP contribution is -2.37. The maximum Gasteiger partial charge on any atom is 0.433 e. The van der Waals surface area contributed by atoms with Crippen molar-refractivity contribution in [1.29, 1.82) is 0 Å². The average Bonchev–Trinajstić information content (AvgIpc) is 3.60. The number of aromatic nitrogens is 3. The van der Waals surface area contributed by atoms with Crippen molar-refractivity contribution in [1.82, 2.24) is 30.3 Å². The highest BCUT2D eigenvalue weighted by Crippen LogP contribution is 2.33. The van der Waals surface area contributed by atoms with E-state index < -0.39 is 23.7 Å². The summed E-state index contributed by atoms with van der Waals surface area (Å²) in [6.45, 7) is 3.82. The molecule has 0 saturated carbocycles. The maximum absolute atomic E-state index is 13.1. The first kappa shape index (κ1) is 40.4. The Morgan fingerprint density at radius 3 is 2.47 bits per heavy atom. The molecule has 4 amide bonds. The highest BCUT2D eigenvalue weighted by molar-refractivity contribution is 6.05. The molecule has 0 bridgehead atoms. The van der Waals surface area contributed by atoms with Crippen LogP contribution in [0, 0.1) is 0 Å². The number of hydrogen-bond acceptors (Lipinski definition) is 11. The summed E-state index contributed by atoms with van der Waals surface area (Å²) < 4.78 is 57.9. The van der Waals surface area contributed by atoms with Crippen molar-refractivity contribution >= 4 is 46.4 Å². The monoisotopic (exact) mass is 768 g/mol. The molecule has 18 heteroatoms. The molecule has 2 aromatic carbocycles. The van der Waals surface area contributed by atoms with Crippen molar-refractivity contribution in [3.8, 4) is 11.5 Å². The standard InChI is InChI=1S/C37H43F3N8O7/c1-46(13-11-34(50)42-23-49)30-20-24(7-8-31(30)53-2)35(51)41-12-17-55-18-16-47-14-9-26(10-15-47)48-22-25-19-29(32(54-3)21-28(25)45-48)44-36(52)27-5-4-6-33(43-27)37(38,39)40/h4-8,19-23,26H,9-18H2,1-3H3,(H,41,51)(H,44,52)(H,42,49,50). The van der Waals surface area contributed by atoms with Gasteiger partial charge >= 0.3 is 6.18 Å². The number of fused-ring (bicyclic) bond motifs is 1. The van der Waals surface area contributed by atoms with Crippen LogP contribution in [0.15, 0.2) is 54.7 Å². The van der Waals surface area contributed by atoms with E-state index in [0.29, 0.717) is 61.0 Å². The average molecular weight is 769 g/mol. The van der Waals surface area contributed by atoms with E-state index in [1.165, 1.54) is 20.3 Å². The summed E-state index contributed by atoms with van der Waals surface area (Å²) in [5, 5.41) is 13.0. The second-order valence-electron chi connectivity index (χ2n) is 12.8. The Kier molecular flexibility index (Phi) is 13.6. The predicted molar refractivity (Wildman–Crippen MR) is 196 cm³/mol. The number of halogens is 3. The summed E-state index contributed by atoms with van der Waals surface area (Å²) in [4.78, 5) is 55.3. The number of hydrogen-bond donors (Lipinski definition) is 3. The molecule has 1 aliphatic heterocycles. The van der Waals surface area contributed by atoms with Crippen molar-refractivity contribution in [2.75, 3.05) is 77.4 Å². The minimum Gasteiger partial charge on any atom is -0.495 e. The van der Waals surface area contributed by atoms with Gasteiger partial charge < -0.3 is 34.6 Å². The molecule has 1 saturated heterocycles. The number of nitrogens with one attached hydrogen (secondary N) is 3. The van der Waals surface area contributed by atoms with E-state index in [4.69, 9.17) is 19.3 Å². The van der Waals surface area contributed by atoms with Gasteiger partial charge in [-0.15, -0.1) is 0 Å². The van der Waals surface area contributed by atoms with Crippen LogP contribution in [0.1, 0.15) is 51.8 Å². The Morgan fingerprint density at radius 1 is 1.00 bits per heavy atom. The first-order valence-electron chi connectivity index (χ1n) is 17.5. The van der Waals surface area contributed by atoms with Crippen molar-refractivity contribution in [3.05, 3.63) is 71.7 Å². The zero-order chi connectivity index (χ0) is 39.5. The topological polar surface area (TPSA) is 169 Å². The number of rotatable bonds is 17. The minimum atomic E-state index is -4.68. The Balaban J connectivity index is 1.05. The van der Waals surface area contributed by atoms with Crippen LogP contribution >= 0.6 is 0 Å². The van der Waals surface area contributed by atoms with E-state index in [9.17, 15) is 32.3 Å². The molecule has 0 aliphatic carbocycles. The molecule has 294 valence electrons. The second-order valence-corrected chi connectivity index (χ2v) is 12.8. The number of carbonyl (C=O) groups is 4. The normalized spacial score (nSPS) is 13.6. The number of carbonyl (C=O) groups excluding carboxylic acids is 4. The summed E-state index contributed by atoms with van der Waals surface area (Å²) >= 11 is 0. The molecule has 55 heavy (non-hydrogen) atoms. The van der Waals surface area contributed by atoms with Crippen LogP contribution in [0.2, 0.25) is 0 Å². The van der Waals surface area contributed by atoms with E-state index in [2.05, 4.69) is 25.8 Å². The van der Waals surface area contributed by atoms with E-state index in [0.717, 1.165) is 50.0 Å². The van der Waals surface area contributed by atoms with Gasteiger partial charge in [0, 0.05) is 69.4 Å². The summed E-state index contributed by atoms with van der Waals surface area (Å²) in [5.41, 5.74) is 0.444. The molecule has 0 radical (unpaired) electrons. The van der Waals surface area contributed by atoms with Gasteiger partial charge in [0.05, 0.1) is 50.4 Å². The molecule has 1 aliphatic rings. The summed E-state index contributed by atoms with van der Waals surface area (Å²) in [6.07, 6.45) is -0.678. The number of pyridine rings is 1. The number of piperidine rings is 1. The molecule has 0 unspecified atom stereocenters. The third-order valence-electron chi connectivity index (χ3n) is 9.13. The van der Waals surface area contributed by atoms with Crippen LogP contribution < -0.4 is 30.3 Å². The summed E-state index contributed by atoms with van der Waals surface area (Å²) in [7, 11) is 4.71. The molecular weight excluding hydrogens is 725 g/mol. The van der Waals surface area contributed by atoms with Gasteiger partial charge in [0.1, 0.15) is 22.9 Å². The molecular formula is C37H43F3N8O7. The molecule has 3 heterocycles. The first-order valence-corrected chi connectivity index (χ1v) is 17.5. The zero-order valence-electron chi connectivity index (χ0n) is 30.6. The predicted octanol–water partition coefficient (Wildman–Crippen LogP) is 3.90. The van der Waals surface area contributed by atoms with E-state index in [1.54, 1.807) is 42.3 Å².